The molecule has 3 heteroatoms. The van der Waals surface area contributed by atoms with Gasteiger partial charge in [-0.3, -0.25) is 4.68 Å². The minimum absolute atomic E-state index is 0.768. The van der Waals surface area contributed by atoms with Gasteiger partial charge >= 0.3 is 0 Å². The Kier molecular flexibility index (Phi) is 2.11. The third-order valence-electron chi connectivity index (χ3n) is 2.83. The Morgan fingerprint density at radius 1 is 1.12 bits per heavy atom. The highest BCUT2D eigenvalue weighted by Gasteiger charge is 2.08. The lowest BCUT2D eigenvalue weighted by Crippen LogP contribution is -1.88. The Bertz CT molecular complexity index is 669. The molecular formula is C14H13N3. The third kappa shape index (κ3) is 1.65. The number of rotatable bonds is 1. The van der Waals surface area contributed by atoms with Gasteiger partial charge in [0.15, 0.2) is 0 Å². The number of nitrogens with two attached hydrogens (primary N) is 1. The molecule has 0 aliphatic carbocycles. The van der Waals surface area contributed by atoms with Gasteiger partial charge in [0.1, 0.15) is 5.52 Å². The molecule has 3 rings (SSSR count). The van der Waals surface area contributed by atoms with Crippen molar-refractivity contribution in [2.24, 2.45) is 7.05 Å². The van der Waals surface area contributed by atoms with Gasteiger partial charge in [0, 0.05) is 29.9 Å². The lowest BCUT2D eigenvalue weighted by atomic mass is 10.0. The minimum Gasteiger partial charge on any atom is -0.399 e. The van der Waals surface area contributed by atoms with Gasteiger partial charge in [-0.25, -0.2) is 0 Å². The van der Waals surface area contributed by atoms with E-state index >= 15 is 0 Å². The van der Waals surface area contributed by atoms with E-state index in [1.165, 1.54) is 0 Å². The predicted molar refractivity (Wildman–Crippen MR) is 70.6 cm³/mol. The van der Waals surface area contributed by atoms with Crippen LogP contribution in [0, 0.1) is 0 Å². The molecule has 0 amide bonds. The molecule has 0 spiro atoms. The van der Waals surface area contributed by atoms with E-state index in [1.54, 1.807) is 0 Å². The van der Waals surface area contributed by atoms with Crippen LogP contribution in [0.1, 0.15) is 0 Å². The summed E-state index contributed by atoms with van der Waals surface area (Å²) in [5, 5.41) is 5.57. The second-order valence-corrected chi connectivity index (χ2v) is 4.18. The first kappa shape index (κ1) is 9.90. The molecule has 0 saturated carbocycles. The summed E-state index contributed by atoms with van der Waals surface area (Å²) < 4.78 is 1.82. The van der Waals surface area contributed by atoms with Crippen LogP contribution in [-0.4, -0.2) is 9.78 Å². The first-order chi connectivity index (χ1) is 8.24. The van der Waals surface area contributed by atoms with Crippen LogP contribution in [0.15, 0.2) is 48.7 Å². The van der Waals surface area contributed by atoms with Crippen LogP contribution in [0.4, 0.5) is 5.69 Å². The lowest BCUT2D eigenvalue weighted by molar-refractivity contribution is 0.780. The molecule has 17 heavy (non-hydrogen) atoms. The molecule has 0 bridgehead atoms. The molecule has 0 aliphatic rings. The molecule has 0 aliphatic heterocycles. The second kappa shape index (κ2) is 3.63. The van der Waals surface area contributed by atoms with Crippen molar-refractivity contribution in [3.05, 3.63) is 48.7 Å². The fraction of sp³-hybridized carbons (Fsp3) is 0.0714. The predicted octanol–water partition coefficient (Wildman–Crippen LogP) is 2.82. The molecule has 0 radical (unpaired) electrons. The summed E-state index contributed by atoms with van der Waals surface area (Å²) in [7, 11) is 1.92. The van der Waals surface area contributed by atoms with Gasteiger partial charge in [-0.05, 0) is 17.7 Å². The molecule has 0 fully saturated rings. The Labute approximate surface area is 99.5 Å². The summed E-state index contributed by atoms with van der Waals surface area (Å²) >= 11 is 0. The summed E-state index contributed by atoms with van der Waals surface area (Å²) in [6, 6.07) is 14.1. The number of nitrogens with zero attached hydrogens (tertiary/aromatic N) is 2. The van der Waals surface area contributed by atoms with E-state index < -0.39 is 0 Å². The van der Waals surface area contributed by atoms with E-state index in [0.717, 1.165) is 27.7 Å². The van der Waals surface area contributed by atoms with Crippen LogP contribution >= 0.6 is 0 Å². The van der Waals surface area contributed by atoms with Crippen LogP contribution < -0.4 is 5.73 Å². The zero-order valence-corrected chi connectivity index (χ0v) is 9.59. The molecular weight excluding hydrogens is 210 g/mol. The lowest BCUT2D eigenvalue weighted by Gasteiger charge is -2.04. The van der Waals surface area contributed by atoms with Crippen LogP contribution in [0.25, 0.3) is 22.0 Å². The van der Waals surface area contributed by atoms with E-state index in [-0.39, 0.29) is 0 Å². The number of hydrogen-bond acceptors (Lipinski definition) is 2. The summed E-state index contributed by atoms with van der Waals surface area (Å²) in [5.74, 6) is 0. The van der Waals surface area contributed by atoms with E-state index in [2.05, 4.69) is 17.2 Å². The fourth-order valence-electron chi connectivity index (χ4n) is 2.12. The van der Waals surface area contributed by atoms with E-state index in [4.69, 9.17) is 5.73 Å². The van der Waals surface area contributed by atoms with Crippen molar-refractivity contribution in [2.45, 2.75) is 0 Å². The summed E-state index contributed by atoms with van der Waals surface area (Å²) in [6.07, 6.45) is 1.98. The topological polar surface area (TPSA) is 43.8 Å². The van der Waals surface area contributed by atoms with Gasteiger partial charge in [0.05, 0.1) is 0 Å². The third-order valence-corrected chi connectivity index (χ3v) is 2.83. The summed E-state index contributed by atoms with van der Waals surface area (Å²) in [5.41, 5.74) is 9.92. The van der Waals surface area contributed by atoms with E-state index in [0.29, 0.717) is 0 Å². The van der Waals surface area contributed by atoms with Gasteiger partial charge in [-0.2, -0.15) is 5.10 Å². The van der Waals surface area contributed by atoms with Gasteiger partial charge < -0.3 is 5.73 Å². The van der Waals surface area contributed by atoms with Gasteiger partial charge in [0.2, 0.25) is 0 Å². The van der Waals surface area contributed by atoms with Gasteiger partial charge in [-0.15, -0.1) is 0 Å². The summed E-state index contributed by atoms with van der Waals surface area (Å²) in [4.78, 5) is 0. The first-order valence-electron chi connectivity index (χ1n) is 5.52. The van der Waals surface area contributed by atoms with Crippen LogP contribution in [0.2, 0.25) is 0 Å². The number of nitrogen functional groups attached to an aromatic ring is 1. The molecule has 0 saturated heterocycles. The number of aryl methyl sites for hydroxylation is 1. The molecule has 1 heterocycles. The highest BCUT2D eigenvalue weighted by Crippen LogP contribution is 2.29. The van der Waals surface area contributed by atoms with Crippen molar-refractivity contribution in [3.63, 3.8) is 0 Å². The molecule has 84 valence electrons. The highest BCUT2D eigenvalue weighted by atomic mass is 15.2. The Hall–Kier alpha value is -2.29. The van der Waals surface area contributed by atoms with Crippen molar-refractivity contribution in [3.8, 4) is 11.1 Å². The zero-order valence-electron chi connectivity index (χ0n) is 9.59. The van der Waals surface area contributed by atoms with Crippen LogP contribution in [0.3, 0.4) is 0 Å². The molecule has 2 N–H and O–H groups in total. The van der Waals surface area contributed by atoms with Crippen molar-refractivity contribution < 1.29 is 0 Å². The summed E-state index contributed by atoms with van der Waals surface area (Å²) in [6.45, 7) is 0. The zero-order chi connectivity index (χ0) is 11.8. The van der Waals surface area contributed by atoms with Crippen LogP contribution in [-0.2, 0) is 7.05 Å². The molecule has 3 aromatic rings. The number of fused-ring (bicyclic) bond motifs is 1. The smallest absolute Gasteiger partial charge is 0.100 e. The number of aromatic nitrogens is 2. The fourth-order valence-corrected chi connectivity index (χ4v) is 2.12. The standard InChI is InChI=1S/C14H13N3/c1-17-9-11-7-12(15)8-13(14(11)16-17)10-5-3-2-4-6-10/h2-9H,15H2,1H3. The van der Waals surface area contributed by atoms with E-state index in [9.17, 15) is 0 Å². The Balaban J connectivity index is 2.35. The first-order valence-corrected chi connectivity index (χ1v) is 5.52. The molecule has 1 aromatic heterocycles. The SMILES string of the molecule is Cn1cc2cc(N)cc(-c3ccccc3)c2n1. The monoisotopic (exact) mass is 223 g/mol. The van der Waals surface area contributed by atoms with Crippen LogP contribution in [0.5, 0.6) is 0 Å². The molecule has 0 atom stereocenters. The normalized spacial score (nSPS) is 10.9. The average molecular weight is 223 g/mol. The van der Waals surface area contributed by atoms with Crippen molar-refractivity contribution in [1.82, 2.24) is 9.78 Å². The van der Waals surface area contributed by atoms with Gasteiger partial charge in [0.25, 0.3) is 0 Å². The minimum atomic E-state index is 0.768. The van der Waals surface area contributed by atoms with Gasteiger partial charge in [-0.1, -0.05) is 30.3 Å². The highest BCUT2D eigenvalue weighted by molar-refractivity contribution is 5.96. The Morgan fingerprint density at radius 2 is 1.88 bits per heavy atom. The second-order valence-electron chi connectivity index (χ2n) is 4.18. The number of anilines is 1. The maximum atomic E-state index is 5.93. The van der Waals surface area contributed by atoms with Crippen molar-refractivity contribution in [1.29, 1.82) is 0 Å². The molecule has 3 nitrogen and oxygen atoms in total. The Morgan fingerprint density at radius 3 is 2.65 bits per heavy atom. The van der Waals surface area contributed by atoms with E-state index in [1.807, 2.05) is 48.3 Å². The molecule has 2 aromatic carbocycles. The quantitative estimate of drug-likeness (QED) is 0.645. The average Bonchev–Trinajstić information content (AvgIpc) is 2.69. The maximum absolute atomic E-state index is 5.93. The number of hydrogen-bond donors (Lipinski definition) is 1. The van der Waals surface area contributed by atoms with Crippen molar-refractivity contribution in [2.75, 3.05) is 5.73 Å². The van der Waals surface area contributed by atoms with Crippen molar-refractivity contribution >= 4 is 16.6 Å². The molecule has 0 unspecified atom stereocenters. The number of benzene rings is 2. The largest absolute Gasteiger partial charge is 0.399 e. The maximum Gasteiger partial charge on any atom is 0.100 e.